The molecule has 2 N–H and O–H groups in total. The fourth-order valence-electron chi connectivity index (χ4n) is 1.84. The van der Waals surface area contributed by atoms with Crippen molar-refractivity contribution in [3.05, 3.63) is 30.1 Å². The number of carboxylic acid groups (broad SMARTS) is 1. The topological polar surface area (TPSA) is 62.2 Å². The van der Waals surface area contributed by atoms with Crippen LogP contribution in [-0.4, -0.2) is 22.6 Å². The Hall–Kier alpha value is -1.42. The third kappa shape index (κ3) is 1.61. The van der Waals surface area contributed by atoms with Crippen LogP contribution in [0.2, 0.25) is 0 Å². The van der Waals surface area contributed by atoms with Crippen LogP contribution in [0.5, 0.6) is 0 Å². The van der Waals surface area contributed by atoms with E-state index in [4.69, 9.17) is 5.11 Å². The highest BCUT2D eigenvalue weighted by atomic mass is 16.4. The Morgan fingerprint density at radius 2 is 2.43 bits per heavy atom. The van der Waals surface area contributed by atoms with E-state index in [-0.39, 0.29) is 12.0 Å². The van der Waals surface area contributed by atoms with Gasteiger partial charge in [-0.3, -0.25) is 9.78 Å². The van der Waals surface area contributed by atoms with Crippen LogP contribution in [0.1, 0.15) is 18.2 Å². The van der Waals surface area contributed by atoms with Gasteiger partial charge < -0.3 is 10.4 Å². The zero-order valence-electron chi connectivity index (χ0n) is 7.68. The van der Waals surface area contributed by atoms with E-state index >= 15 is 0 Å². The van der Waals surface area contributed by atoms with Gasteiger partial charge in [-0.25, -0.2) is 0 Å². The lowest BCUT2D eigenvalue weighted by Gasteiger charge is -2.14. The van der Waals surface area contributed by atoms with Gasteiger partial charge in [0.2, 0.25) is 0 Å². The first-order valence-corrected chi connectivity index (χ1v) is 4.66. The fourth-order valence-corrected chi connectivity index (χ4v) is 1.84. The van der Waals surface area contributed by atoms with Gasteiger partial charge in [0.25, 0.3) is 0 Å². The zero-order valence-corrected chi connectivity index (χ0v) is 7.68. The van der Waals surface area contributed by atoms with E-state index < -0.39 is 5.97 Å². The van der Waals surface area contributed by atoms with Crippen LogP contribution in [0.15, 0.2) is 24.4 Å². The van der Waals surface area contributed by atoms with Crippen molar-refractivity contribution in [2.45, 2.75) is 12.5 Å². The van der Waals surface area contributed by atoms with Gasteiger partial charge >= 0.3 is 5.97 Å². The predicted molar refractivity (Wildman–Crippen MR) is 50.7 cm³/mol. The second-order valence-corrected chi connectivity index (χ2v) is 3.42. The summed E-state index contributed by atoms with van der Waals surface area (Å²) in [6, 6.07) is 5.43. The minimum absolute atomic E-state index is 0.131. The molecular weight excluding hydrogens is 180 g/mol. The zero-order chi connectivity index (χ0) is 9.97. The van der Waals surface area contributed by atoms with Crippen molar-refractivity contribution in [1.82, 2.24) is 10.3 Å². The molecule has 1 aliphatic heterocycles. The minimum atomic E-state index is -0.745. The van der Waals surface area contributed by atoms with E-state index in [2.05, 4.69) is 10.3 Å². The number of carbonyl (C=O) groups is 1. The van der Waals surface area contributed by atoms with Crippen LogP contribution in [0.4, 0.5) is 0 Å². The Balaban J connectivity index is 2.22. The fraction of sp³-hybridized carbons (Fsp3) is 0.400. The van der Waals surface area contributed by atoms with Crippen molar-refractivity contribution in [2.75, 3.05) is 6.54 Å². The Kier molecular flexibility index (Phi) is 2.45. The summed E-state index contributed by atoms with van der Waals surface area (Å²) in [5.41, 5.74) is 0.817. The first-order chi connectivity index (χ1) is 6.79. The third-order valence-electron chi connectivity index (χ3n) is 2.55. The van der Waals surface area contributed by atoms with Gasteiger partial charge in [0, 0.05) is 6.20 Å². The second kappa shape index (κ2) is 3.75. The molecule has 2 atom stereocenters. The smallest absolute Gasteiger partial charge is 0.308 e. The summed E-state index contributed by atoms with van der Waals surface area (Å²) < 4.78 is 0. The van der Waals surface area contributed by atoms with E-state index in [9.17, 15) is 4.79 Å². The highest BCUT2D eigenvalue weighted by molar-refractivity contribution is 5.71. The van der Waals surface area contributed by atoms with Gasteiger partial charge in [0.15, 0.2) is 0 Å². The maximum absolute atomic E-state index is 10.9. The Bertz CT molecular complexity index is 326. The number of hydrogen-bond donors (Lipinski definition) is 2. The molecule has 74 valence electrons. The van der Waals surface area contributed by atoms with Crippen LogP contribution < -0.4 is 5.32 Å². The molecule has 1 fully saturated rings. The normalized spacial score (nSPS) is 26.3. The maximum Gasteiger partial charge on any atom is 0.308 e. The largest absolute Gasteiger partial charge is 0.481 e. The van der Waals surface area contributed by atoms with Gasteiger partial charge in [-0.05, 0) is 25.1 Å². The van der Waals surface area contributed by atoms with Gasteiger partial charge in [0.05, 0.1) is 17.7 Å². The molecule has 0 aliphatic carbocycles. The average molecular weight is 192 g/mol. The first kappa shape index (κ1) is 9.15. The van der Waals surface area contributed by atoms with Crippen molar-refractivity contribution in [3.8, 4) is 0 Å². The van der Waals surface area contributed by atoms with Crippen LogP contribution in [-0.2, 0) is 4.79 Å². The van der Waals surface area contributed by atoms with Crippen molar-refractivity contribution in [2.24, 2.45) is 5.92 Å². The summed E-state index contributed by atoms with van der Waals surface area (Å²) in [7, 11) is 0. The molecule has 0 radical (unpaired) electrons. The standard InChI is InChI=1S/C10H12N2O2/c13-10(14)7-4-6-12-9(7)8-3-1-2-5-11-8/h1-3,5,7,9,12H,4,6H2,(H,13,14). The number of aromatic nitrogens is 1. The lowest BCUT2D eigenvalue weighted by atomic mass is 9.98. The van der Waals surface area contributed by atoms with Gasteiger partial charge in [-0.1, -0.05) is 6.07 Å². The summed E-state index contributed by atoms with van der Waals surface area (Å²) in [4.78, 5) is 15.1. The highest BCUT2D eigenvalue weighted by Crippen LogP contribution is 2.27. The number of carboxylic acids is 1. The third-order valence-corrected chi connectivity index (χ3v) is 2.55. The molecule has 0 spiro atoms. The average Bonchev–Trinajstić information content (AvgIpc) is 2.67. The number of hydrogen-bond acceptors (Lipinski definition) is 3. The van der Waals surface area contributed by atoms with Crippen LogP contribution >= 0.6 is 0 Å². The summed E-state index contributed by atoms with van der Waals surface area (Å²) in [5, 5.41) is 12.1. The van der Waals surface area contributed by atoms with Crippen molar-refractivity contribution in [1.29, 1.82) is 0 Å². The SMILES string of the molecule is O=C(O)C1CCNC1c1ccccn1. The molecule has 4 nitrogen and oxygen atoms in total. The lowest BCUT2D eigenvalue weighted by Crippen LogP contribution is -2.24. The van der Waals surface area contributed by atoms with Gasteiger partial charge in [-0.2, -0.15) is 0 Å². The molecule has 1 aromatic heterocycles. The molecule has 1 aromatic rings. The predicted octanol–water partition coefficient (Wildman–Crippen LogP) is 0.817. The Morgan fingerprint density at radius 3 is 3.07 bits per heavy atom. The molecular formula is C10H12N2O2. The van der Waals surface area contributed by atoms with Crippen molar-refractivity contribution < 1.29 is 9.90 Å². The number of nitrogens with one attached hydrogen (secondary N) is 1. The second-order valence-electron chi connectivity index (χ2n) is 3.42. The molecule has 0 amide bonds. The lowest BCUT2D eigenvalue weighted by molar-refractivity contribution is -0.142. The molecule has 1 aliphatic rings. The van der Waals surface area contributed by atoms with E-state index in [1.54, 1.807) is 6.20 Å². The van der Waals surface area contributed by atoms with E-state index in [0.29, 0.717) is 6.42 Å². The Labute approximate surface area is 82.0 Å². The highest BCUT2D eigenvalue weighted by Gasteiger charge is 2.34. The van der Waals surface area contributed by atoms with E-state index in [1.165, 1.54) is 0 Å². The monoisotopic (exact) mass is 192 g/mol. The van der Waals surface area contributed by atoms with Crippen molar-refractivity contribution in [3.63, 3.8) is 0 Å². The Morgan fingerprint density at radius 1 is 1.57 bits per heavy atom. The molecule has 14 heavy (non-hydrogen) atoms. The van der Waals surface area contributed by atoms with E-state index in [0.717, 1.165) is 12.2 Å². The summed E-state index contributed by atoms with van der Waals surface area (Å²) in [6.45, 7) is 0.748. The molecule has 2 rings (SSSR count). The molecule has 4 heteroatoms. The van der Waals surface area contributed by atoms with E-state index in [1.807, 2.05) is 18.2 Å². The molecule has 2 unspecified atom stereocenters. The quantitative estimate of drug-likeness (QED) is 0.728. The molecule has 0 aromatic carbocycles. The number of rotatable bonds is 2. The first-order valence-electron chi connectivity index (χ1n) is 4.66. The summed E-state index contributed by atoms with van der Waals surface area (Å²) in [6.07, 6.45) is 2.37. The molecule has 0 bridgehead atoms. The van der Waals surface area contributed by atoms with Crippen LogP contribution in [0.3, 0.4) is 0 Å². The minimum Gasteiger partial charge on any atom is -0.481 e. The summed E-state index contributed by atoms with van der Waals surface area (Å²) >= 11 is 0. The number of pyridine rings is 1. The van der Waals surface area contributed by atoms with Crippen molar-refractivity contribution >= 4 is 5.97 Å². The number of nitrogens with zero attached hydrogens (tertiary/aromatic N) is 1. The number of aliphatic carboxylic acids is 1. The molecule has 2 heterocycles. The van der Waals surface area contributed by atoms with Crippen LogP contribution in [0, 0.1) is 5.92 Å². The summed E-state index contributed by atoms with van der Waals surface area (Å²) in [5.74, 6) is -1.09. The van der Waals surface area contributed by atoms with Gasteiger partial charge in [0.1, 0.15) is 0 Å². The molecule has 1 saturated heterocycles. The maximum atomic E-state index is 10.9. The van der Waals surface area contributed by atoms with Crippen LogP contribution in [0.25, 0.3) is 0 Å². The van der Waals surface area contributed by atoms with Gasteiger partial charge in [-0.15, -0.1) is 0 Å². The molecule has 0 saturated carbocycles.